The fraction of sp³-hybridized carbons (Fsp3) is 0.346. The van der Waals surface area contributed by atoms with Crippen LogP contribution in [0.3, 0.4) is 0 Å². The van der Waals surface area contributed by atoms with Gasteiger partial charge in [0.2, 0.25) is 0 Å². The normalized spacial score (nSPS) is 10.8. The summed E-state index contributed by atoms with van der Waals surface area (Å²) >= 11 is 6.31. The molecule has 1 amide bonds. The maximum Gasteiger partial charge on any atom is 0.407 e. The van der Waals surface area contributed by atoms with Crippen molar-refractivity contribution in [2.45, 2.75) is 52.1 Å². The third-order valence-electron chi connectivity index (χ3n) is 5.17. The van der Waals surface area contributed by atoms with Crippen LogP contribution in [-0.2, 0) is 22.6 Å². The zero-order valence-electron chi connectivity index (χ0n) is 19.1. The summed E-state index contributed by atoms with van der Waals surface area (Å²) in [5.74, 6) is -0.262. The van der Waals surface area contributed by atoms with E-state index in [-0.39, 0.29) is 23.8 Å². The summed E-state index contributed by atoms with van der Waals surface area (Å²) in [4.78, 5) is 35.8. The molecule has 3 aromatic rings. The predicted molar refractivity (Wildman–Crippen MR) is 130 cm³/mol. The van der Waals surface area contributed by atoms with Crippen LogP contribution in [0.2, 0.25) is 5.02 Å². The van der Waals surface area contributed by atoms with Gasteiger partial charge in [-0.1, -0.05) is 61.7 Å². The molecule has 8 heteroatoms. The number of carbonyl (C=O) groups excluding carboxylic acids is 2. The van der Waals surface area contributed by atoms with Crippen molar-refractivity contribution in [2.24, 2.45) is 0 Å². The zero-order valence-corrected chi connectivity index (χ0v) is 19.9. The van der Waals surface area contributed by atoms with E-state index in [2.05, 4.69) is 5.32 Å². The van der Waals surface area contributed by atoms with Crippen LogP contribution in [0.5, 0.6) is 5.75 Å². The molecular formula is C26H28ClNO6. The molecule has 0 fully saturated rings. The average Bonchev–Trinajstić information content (AvgIpc) is 2.82. The van der Waals surface area contributed by atoms with Crippen LogP contribution in [0.1, 0.15) is 50.2 Å². The predicted octanol–water partition coefficient (Wildman–Crippen LogP) is 5.79. The quantitative estimate of drug-likeness (QED) is 0.160. The fourth-order valence-corrected chi connectivity index (χ4v) is 3.69. The average molecular weight is 486 g/mol. The van der Waals surface area contributed by atoms with E-state index in [1.165, 1.54) is 12.1 Å². The molecule has 1 aromatic heterocycles. The number of aryl methyl sites for hydroxylation is 1. The number of rotatable bonds is 11. The second-order valence-electron chi connectivity index (χ2n) is 7.89. The Morgan fingerprint density at radius 1 is 1.06 bits per heavy atom. The minimum atomic E-state index is -0.469. The van der Waals surface area contributed by atoms with Gasteiger partial charge in [-0.2, -0.15) is 0 Å². The molecule has 0 saturated carbocycles. The lowest BCUT2D eigenvalue weighted by atomic mass is 10.1. The number of hydrogen-bond donors (Lipinski definition) is 1. The summed E-state index contributed by atoms with van der Waals surface area (Å²) in [6.07, 6.45) is 3.36. The van der Waals surface area contributed by atoms with Gasteiger partial charge in [0.1, 0.15) is 12.2 Å². The van der Waals surface area contributed by atoms with E-state index < -0.39 is 17.7 Å². The number of esters is 1. The van der Waals surface area contributed by atoms with Crippen LogP contribution < -0.4 is 15.7 Å². The molecule has 0 saturated heterocycles. The van der Waals surface area contributed by atoms with Gasteiger partial charge in [-0.3, -0.25) is 4.79 Å². The Bertz CT molecular complexity index is 1180. The van der Waals surface area contributed by atoms with Crippen molar-refractivity contribution in [1.29, 1.82) is 0 Å². The van der Waals surface area contributed by atoms with Crippen LogP contribution in [0.25, 0.3) is 11.0 Å². The Balaban J connectivity index is 1.39. The molecule has 3 rings (SSSR count). The fourth-order valence-electron chi connectivity index (χ4n) is 3.49. The van der Waals surface area contributed by atoms with Gasteiger partial charge in [0.25, 0.3) is 0 Å². The Morgan fingerprint density at radius 3 is 2.62 bits per heavy atom. The summed E-state index contributed by atoms with van der Waals surface area (Å²) in [7, 11) is 0. The lowest BCUT2D eigenvalue weighted by Crippen LogP contribution is -2.25. The summed E-state index contributed by atoms with van der Waals surface area (Å²) in [6, 6.07) is 14.1. The van der Waals surface area contributed by atoms with Gasteiger partial charge in [0, 0.05) is 30.5 Å². The van der Waals surface area contributed by atoms with Gasteiger partial charge < -0.3 is 19.2 Å². The molecule has 0 unspecified atom stereocenters. The second-order valence-corrected chi connectivity index (χ2v) is 8.30. The first kappa shape index (κ1) is 25.3. The molecule has 0 radical (unpaired) electrons. The van der Waals surface area contributed by atoms with Crippen LogP contribution in [0.15, 0.2) is 57.7 Å². The Kier molecular flexibility index (Phi) is 9.52. The number of alkyl carbamates (subject to hydrolysis) is 1. The van der Waals surface area contributed by atoms with Crippen LogP contribution in [0.4, 0.5) is 4.79 Å². The summed E-state index contributed by atoms with van der Waals surface area (Å²) in [5.41, 5.74) is 1.67. The molecule has 0 aliphatic heterocycles. The SMILES string of the molecule is CCCc1cc(=O)oc2cc(OC(=O)CCCCCNC(=O)OCc3ccccc3)c(Cl)cc12. The van der Waals surface area contributed by atoms with Crippen LogP contribution in [0, 0.1) is 0 Å². The third kappa shape index (κ3) is 7.63. The molecule has 2 aromatic carbocycles. The van der Waals surface area contributed by atoms with Gasteiger partial charge in [-0.25, -0.2) is 9.59 Å². The summed E-state index contributed by atoms with van der Waals surface area (Å²) in [5, 5.41) is 3.71. The number of nitrogens with one attached hydrogen (secondary N) is 1. The van der Waals surface area contributed by atoms with E-state index in [0.717, 1.165) is 35.8 Å². The van der Waals surface area contributed by atoms with Crippen LogP contribution in [-0.4, -0.2) is 18.6 Å². The largest absolute Gasteiger partial charge is 0.445 e. The Morgan fingerprint density at radius 2 is 1.85 bits per heavy atom. The maximum atomic E-state index is 12.2. The number of unbranched alkanes of at least 4 members (excludes halogenated alkanes) is 2. The lowest BCUT2D eigenvalue weighted by Gasteiger charge is -2.10. The van der Waals surface area contributed by atoms with Gasteiger partial charge in [0.15, 0.2) is 5.75 Å². The molecule has 1 N–H and O–H groups in total. The van der Waals surface area contributed by atoms with E-state index in [1.54, 1.807) is 6.07 Å². The minimum absolute atomic E-state index is 0.166. The second kappa shape index (κ2) is 12.8. The van der Waals surface area contributed by atoms with Crippen molar-refractivity contribution < 1.29 is 23.5 Å². The van der Waals surface area contributed by atoms with E-state index in [1.807, 2.05) is 37.3 Å². The highest BCUT2D eigenvalue weighted by Gasteiger charge is 2.14. The monoisotopic (exact) mass is 485 g/mol. The number of halogens is 1. The number of carbonyl (C=O) groups is 2. The highest BCUT2D eigenvalue weighted by atomic mass is 35.5. The summed E-state index contributed by atoms with van der Waals surface area (Å²) in [6.45, 7) is 2.70. The molecule has 0 aliphatic rings. The molecule has 180 valence electrons. The van der Waals surface area contributed by atoms with E-state index in [0.29, 0.717) is 25.0 Å². The summed E-state index contributed by atoms with van der Waals surface area (Å²) < 4.78 is 15.8. The van der Waals surface area contributed by atoms with Gasteiger partial charge in [-0.05, 0) is 36.5 Å². The molecule has 0 spiro atoms. The first-order valence-electron chi connectivity index (χ1n) is 11.4. The number of ether oxygens (including phenoxy) is 2. The molecular weight excluding hydrogens is 458 g/mol. The highest BCUT2D eigenvalue weighted by molar-refractivity contribution is 6.33. The maximum absolute atomic E-state index is 12.2. The van der Waals surface area contributed by atoms with Crippen molar-refractivity contribution in [3.8, 4) is 5.75 Å². The number of benzene rings is 2. The number of hydrogen-bond acceptors (Lipinski definition) is 6. The topological polar surface area (TPSA) is 94.8 Å². The molecule has 0 aliphatic carbocycles. The molecule has 7 nitrogen and oxygen atoms in total. The Hall–Kier alpha value is -3.32. The Labute approximate surface area is 203 Å². The molecule has 0 atom stereocenters. The molecule has 0 bridgehead atoms. The molecule has 1 heterocycles. The standard InChI is InChI=1S/C26H28ClNO6/c1-2-9-19-14-25(30)33-22-16-23(21(27)15-20(19)22)34-24(29)12-7-4-8-13-28-26(31)32-17-18-10-5-3-6-11-18/h3,5-6,10-11,14-16H,2,4,7-9,12-13,17H2,1H3,(H,28,31). The first-order chi connectivity index (χ1) is 16.5. The number of fused-ring (bicyclic) bond motifs is 1. The molecule has 34 heavy (non-hydrogen) atoms. The van der Waals surface area contributed by atoms with Gasteiger partial charge in [0.05, 0.1) is 5.02 Å². The zero-order chi connectivity index (χ0) is 24.3. The highest BCUT2D eigenvalue weighted by Crippen LogP contribution is 2.32. The van der Waals surface area contributed by atoms with Crippen molar-refractivity contribution in [3.05, 3.63) is 75.1 Å². The van der Waals surface area contributed by atoms with Gasteiger partial charge >= 0.3 is 17.7 Å². The third-order valence-corrected chi connectivity index (χ3v) is 5.46. The lowest BCUT2D eigenvalue weighted by molar-refractivity contribution is -0.134. The van der Waals surface area contributed by atoms with Crippen LogP contribution >= 0.6 is 11.6 Å². The van der Waals surface area contributed by atoms with E-state index >= 15 is 0 Å². The smallest absolute Gasteiger partial charge is 0.407 e. The van der Waals surface area contributed by atoms with Gasteiger partial charge in [-0.15, -0.1) is 0 Å². The first-order valence-corrected chi connectivity index (χ1v) is 11.8. The van der Waals surface area contributed by atoms with Crippen molar-refractivity contribution in [1.82, 2.24) is 5.32 Å². The number of amides is 1. The van der Waals surface area contributed by atoms with Crippen molar-refractivity contribution in [3.63, 3.8) is 0 Å². The van der Waals surface area contributed by atoms with Crippen molar-refractivity contribution >= 4 is 34.6 Å². The minimum Gasteiger partial charge on any atom is -0.445 e. The van der Waals surface area contributed by atoms with E-state index in [4.69, 9.17) is 25.5 Å². The van der Waals surface area contributed by atoms with Crippen molar-refractivity contribution in [2.75, 3.05) is 6.54 Å². The van der Waals surface area contributed by atoms with E-state index in [9.17, 15) is 14.4 Å².